The van der Waals surface area contributed by atoms with E-state index in [1.807, 2.05) is 0 Å². The van der Waals surface area contributed by atoms with Crippen molar-refractivity contribution in [3.8, 4) is 0 Å². The van der Waals surface area contributed by atoms with Crippen LogP contribution in [0.3, 0.4) is 0 Å². The average molecular weight is 241 g/mol. The van der Waals surface area contributed by atoms with Gasteiger partial charge in [0.15, 0.2) is 0 Å². The maximum atomic E-state index is 5.43. The molecule has 1 aromatic heterocycles. The Labute approximate surface area is 99.4 Å². The number of nitrogens with zero attached hydrogens (tertiary/aromatic N) is 4. The molecule has 6 nitrogen and oxygen atoms in total. The number of morpholine rings is 1. The molecule has 2 rings (SSSR count). The number of ether oxygens (including phenoxy) is 1. The molecule has 0 spiro atoms. The normalized spacial score (nSPS) is 17.5. The van der Waals surface area contributed by atoms with Crippen molar-refractivity contribution in [3.05, 3.63) is 12.2 Å². The van der Waals surface area contributed by atoms with Crippen molar-refractivity contribution >= 4 is 17.2 Å². The third-order valence-electron chi connectivity index (χ3n) is 2.51. The summed E-state index contributed by atoms with van der Waals surface area (Å²) >= 11 is 4.80. The van der Waals surface area contributed by atoms with Gasteiger partial charge >= 0.3 is 0 Å². The van der Waals surface area contributed by atoms with Crippen molar-refractivity contribution in [1.29, 1.82) is 0 Å². The van der Waals surface area contributed by atoms with Gasteiger partial charge in [0.25, 0.3) is 0 Å². The number of hydrogen-bond donors (Lipinski definition) is 1. The zero-order valence-electron chi connectivity index (χ0n) is 9.00. The molecule has 0 unspecified atom stereocenters. The lowest BCUT2D eigenvalue weighted by molar-refractivity contribution is 0.0359. The van der Waals surface area contributed by atoms with Gasteiger partial charge in [-0.2, -0.15) is 0 Å². The van der Waals surface area contributed by atoms with Gasteiger partial charge in [-0.15, -0.1) is 5.10 Å². The van der Waals surface area contributed by atoms with E-state index in [1.54, 1.807) is 11.0 Å². The molecule has 1 aromatic rings. The average Bonchev–Trinajstić information content (AvgIpc) is 2.76. The number of rotatable bonds is 4. The molecule has 1 saturated heterocycles. The summed E-state index contributed by atoms with van der Waals surface area (Å²) in [7, 11) is 0. The summed E-state index contributed by atoms with van der Waals surface area (Å²) in [5.74, 6) is 0.442. The Hall–Kier alpha value is -1.05. The zero-order chi connectivity index (χ0) is 11.4. The lowest BCUT2D eigenvalue weighted by Crippen LogP contribution is -2.38. The lowest BCUT2D eigenvalue weighted by atomic mass is 10.4. The van der Waals surface area contributed by atoms with Crippen molar-refractivity contribution in [1.82, 2.24) is 19.7 Å². The van der Waals surface area contributed by atoms with E-state index in [9.17, 15) is 0 Å². The van der Waals surface area contributed by atoms with E-state index in [2.05, 4.69) is 15.0 Å². The molecule has 0 saturated carbocycles. The van der Waals surface area contributed by atoms with Gasteiger partial charge in [-0.05, 0) is 0 Å². The fourth-order valence-corrected chi connectivity index (χ4v) is 1.68. The van der Waals surface area contributed by atoms with Crippen LogP contribution in [-0.4, -0.2) is 57.5 Å². The number of nitrogens with two attached hydrogens (primary N) is 1. The number of aromatic nitrogens is 3. The largest absolute Gasteiger partial charge is 0.387 e. The fraction of sp³-hybridized carbons (Fsp3) is 0.667. The fourth-order valence-electron chi connectivity index (χ4n) is 1.58. The molecule has 7 heteroatoms. The Bertz CT molecular complexity index is 361. The summed E-state index contributed by atoms with van der Waals surface area (Å²) < 4.78 is 7.05. The molecule has 1 aliphatic heterocycles. The highest BCUT2D eigenvalue weighted by Gasteiger charge is 2.10. The van der Waals surface area contributed by atoms with E-state index in [4.69, 9.17) is 22.7 Å². The first-order chi connectivity index (χ1) is 7.75. The second-order valence-electron chi connectivity index (χ2n) is 3.65. The molecule has 16 heavy (non-hydrogen) atoms. The molecular weight excluding hydrogens is 226 g/mol. The summed E-state index contributed by atoms with van der Waals surface area (Å²) in [6.45, 7) is 5.35. The van der Waals surface area contributed by atoms with Gasteiger partial charge in [0, 0.05) is 19.6 Å². The molecule has 0 aromatic carbocycles. The van der Waals surface area contributed by atoms with E-state index < -0.39 is 0 Å². The minimum absolute atomic E-state index is 0.241. The molecule has 1 aliphatic rings. The van der Waals surface area contributed by atoms with E-state index in [0.29, 0.717) is 5.82 Å². The Morgan fingerprint density at radius 1 is 1.44 bits per heavy atom. The van der Waals surface area contributed by atoms with Gasteiger partial charge in [0.1, 0.15) is 11.3 Å². The predicted octanol–water partition coefficient (Wildman–Crippen LogP) is -0.756. The van der Waals surface area contributed by atoms with Crippen LogP contribution in [0.2, 0.25) is 0 Å². The molecule has 88 valence electrons. The summed E-state index contributed by atoms with van der Waals surface area (Å²) in [6, 6.07) is 0. The van der Waals surface area contributed by atoms with Gasteiger partial charge in [0.05, 0.1) is 19.8 Å². The van der Waals surface area contributed by atoms with Crippen LogP contribution in [0.25, 0.3) is 0 Å². The topological polar surface area (TPSA) is 69.2 Å². The molecule has 0 radical (unpaired) electrons. The summed E-state index contributed by atoms with van der Waals surface area (Å²) in [5, 5.41) is 4.18. The maximum absolute atomic E-state index is 5.43. The highest BCUT2D eigenvalue weighted by atomic mass is 32.1. The second-order valence-corrected chi connectivity index (χ2v) is 4.09. The first-order valence-corrected chi connectivity index (χ1v) is 5.66. The molecule has 2 N–H and O–H groups in total. The van der Waals surface area contributed by atoms with Crippen LogP contribution in [0.15, 0.2) is 6.33 Å². The van der Waals surface area contributed by atoms with Crippen molar-refractivity contribution in [3.63, 3.8) is 0 Å². The van der Waals surface area contributed by atoms with Crippen LogP contribution in [0, 0.1) is 0 Å². The quantitative estimate of drug-likeness (QED) is 0.699. The van der Waals surface area contributed by atoms with Gasteiger partial charge in [0.2, 0.25) is 5.82 Å². The first kappa shape index (κ1) is 11.4. The van der Waals surface area contributed by atoms with Crippen LogP contribution in [0.1, 0.15) is 5.82 Å². The Balaban J connectivity index is 1.81. The van der Waals surface area contributed by atoms with Gasteiger partial charge < -0.3 is 10.5 Å². The molecular formula is C9H15N5OS. The first-order valence-electron chi connectivity index (χ1n) is 5.25. The van der Waals surface area contributed by atoms with E-state index in [1.165, 1.54) is 0 Å². The summed E-state index contributed by atoms with van der Waals surface area (Å²) in [4.78, 5) is 6.60. The third-order valence-corrected chi connectivity index (χ3v) is 2.69. The predicted molar refractivity (Wildman–Crippen MR) is 63.2 cm³/mol. The summed E-state index contributed by atoms with van der Waals surface area (Å²) in [6.07, 6.45) is 1.66. The SMILES string of the molecule is NC(=S)c1ncn(CCN2CCOCC2)n1. The highest BCUT2D eigenvalue weighted by Crippen LogP contribution is 1.97. The van der Waals surface area contributed by atoms with Gasteiger partial charge in [-0.3, -0.25) is 9.58 Å². The monoisotopic (exact) mass is 241 g/mol. The molecule has 0 aliphatic carbocycles. The van der Waals surface area contributed by atoms with Crippen molar-refractivity contribution in [2.75, 3.05) is 32.8 Å². The summed E-state index contributed by atoms with van der Waals surface area (Å²) in [5.41, 5.74) is 5.43. The van der Waals surface area contributed by atoms with Crippen LogP contribution in [0.4, 0.5) is 0 Å². The van der Waals surface area contributed by atoms with Crippen LogP contribution in [0.5, 0.6) is 0 Å². The molecule has 2 heterocycles. The third kappa shape index (κ3) is 2.97. The Morgan fingerprint density at radius 3 is 2.81 bits per heavy atom. The number of thiocarbonyl (C=S) groups is 1. The van der Waals surface area contributed by atoms with Gasteiger partial charge in [-0.1, -0.05) is 12.2 Å². The van der Waals surface area contributed by atoms with E-state index >= 15 is 0 Å². The maximum Gasteiger partial charge on any atom is 0.208 e. The lowest BCUT2D eigenvalue weighted by Gasteiger charge is -2.26. The minimum Gasteiger partial charge on any atom is -0.387 e. The van der Waals surface area contributed by atoms with Crippen LogP contribution < -0.4 is 5.73 Å². The van der Waals surface area contributed by atoms with Crippen LogP contribution >= 0.6 is 12.2 Å². The van der Waals surface area contributed by atoms with Crippen LogP contribution in [-0.2, 0) is 11.3 Å². The van der Waals surface area contributed by atoms with E-state index in [-0.39, 0.29) is 4.99 Å². The Morgan fingerprint density at radius 2 is 2.19 bits per heavy atom. The van der Waals surface area contributed by atoms with Crippen molar-refractivity contribution < 1.29 is 4.74 Å². The number of hydrogen-bond acceptors (Lipinski definition) is 5. The van der Waals surface area contributed by atoms with Crippen molar-refractivity contribution in [2.45, 2.75) is 6.54 Å². The van der Waals surface area contributed by atoms with Gasteiger partial charge in [-0.25, -0.2) is 4.98 Å². The molecule has 0 amide bonds. The van der Waals surface area contributed by atoms with Crippen molar-refractivity contribution in [2.24, 2.45) is 5.73 Å². The standard InChI is InChI=1S/C9H15N5OS/c10-8(16)9-11-7-14(12-9)2-1-13-3-5-15-6-4-13/h7H,1-6H2,(H2,10,16). The molecule has 0 bridgehead atoms. The minimum atomic E-state index is 0.241. The second kappa shape index (κ2) is 5.33. The molecule has 1 fully saturated rings. The molecule has 0 atom stereocenters. The smallest absolute Gasteiger partial charge is 0.208 e. The Kier molecular flexibility index (Phi) is 3.81. The zero-order valence-corrected chi connectivity index (χ0v) is 9.82. The van der Waals surface area contributed by atoms with E-state index in [0.717, 1.165) is 39.4 Å². The highest BCUT2D eigenvalue weighted by molar-refractivity contribution is 7.80.